The quantitative estimate of drug-likeness (QED) is 0.410. The minimum atomic E-state index is -0.166. The molecule has 0 fully saturated rings. The molecule has 0 unspecified atom stereocenters. The van der Waals surface area contributed by atoms with Gasteiger partial charge in [0.25, 0.3) is 11.8 Å². The normalized spacial score (nSPS) is 12.5. The van der Waals surface area contributed by atoms with Gasteiger partial charge >= 0.3 is 0 Å². The third-order valence-corrected chi connectivity index (χ3v) is 6.71. The lowest BCUT2D eigenvalue weighted by Gasteiger charge is -2.24. The highest BCUT2D eigenvalue weighted by atomic mass is 32.2. The minimum Gasteiger partial charge on any atom is -0.348 e. The second-order valence-corrected chi connectivity index (χ2v) is 8.91. The molecule has 4 nitrogen and oxygen atoms in total. The van der Waals surface area contributed by atoms with Crippen LogP contribution in [-0.2, 0) is 13.1 Å². The molecule has 4 aromatic carbocycles. The van der Waals surface area contributed by atoms with Gasteiger partial charge in [0.05, 0.1) is 17.8 Å². The Hall–Kier alpha value is -3.83. The smallest absolute Gasteiger partial charge is 0.259 e. The summed E-state index contributed by atoms with van der Waals surface area (Å²) in [4.78, 5) is 30.2. The van der Waals surface area contributed by atoms with Gasteiger partial charge in [-0.3, -0.25) is 9.59 Å². The maximum Gasteiger partial charge on any atom is 0.259 e. The van der Waals surface area contributed by atoms with E-state index in [1.54, 1.807) is 16.7 Å². The molecule has 5 rings (SSSR count). The van der Waals surface area contributed by atoms with E-state index in [9.17, 15) is 9.59 Å². The van der Waals surface area contributed by atoms with Gasteiger partial charge in [-0.25, -0.2) is 0 Å². The summed E-state index contributed by atoms with van der Waals surface area (Å²) < 4.78 is 0. The zero-order valence-corrected chi connectivity index (χ0v) is 18.7. The third-order valence-electron chi connectivity index (χ3n) is 5.57. The van der Waals surface area contributed by atoms with Crippen molar-refractivity contribution in [1.82, 2.24) is 5.32 Å². The van der Waals surface area contributed by atoms with Crippen molar-refractivity contribution in [3.63, 3.8) is 0 Å². The van der Waals surface area contributed by atoms with Crippen LogP contribution in [0, 0.1) is 0 Å². The number of carbonyl (C=O) groups is 2. The first-order valence-corrected chi connectivity index (χ1v) is 11.6. The predicted molar refractivity (Wildman–Crippen MR) is 132 cm³/mol. The van der Waals surface area contributed by atoms with Crippen LogP contribution >= 0.6 is 11.8 Å². The minimum absolute atomic E-state index is 0.0671. The number of carbonyl (C=O) groups excluding carboxylic acids is 2. The van der Waals surface area contributed by atoms with E-state index in [0.29, 0.717) is 24.2 Å². The monoisotopic (exact) mass is 450 g/mol. The number of rotatable bonds is 5. The summed E-state index contributed by atoms with van der Waals surface area (Å²) in [5.41, 5.74) is 4.01. The van der Waals surface area contributed by atoms with E-state index in [0.717, 1.165) is 26.6 Å². The first-order valence-electron chi connectivity index (χ1n) is 10.8. The highest BCUT2D eigenvalue weighted by Gasteiger charge is 2.28. The molecule has 1 aliphatic rings. The lowest BCUT2D eigenvalue weighted by molar-refractivity contribution is 0.0947. The number of nitrogens with zero attached hydrogens (tertiary/aromatic N) is 1. The molecule has 0 atom stereocenters. The summed E-state index contributed by atoms with van der Waals surface area (Å²) in [6.07, 6.45) is 0. The Morgan fingerprint density at radius 1 is 0.758 bits per heavy atom. The van der Waals surface area contributed by atoms with Gasteiger partial charge < -0.3 is 10.2 Å². The molecule has 0 saturated carbocycles. The Labute approximate surface area is 197 Å². The standard InChI is InChI=1S/C28H22N2O2S/c31-27(29-18-20-9-3-1-4-10-20)22-15-16-26-24(17-22)30(19-21-11-5-2-6-12-21)28(32)23-13-7-8-14-25(23)33-26/h1-17H,18-19H2,(H,29,31). The fraction of sp³-hybridized carbons (Fsp3) is 0.0714. The van der Waals surface area contributed by atoms with E-state index >= 15 is 0 Å². The molecule has 0 bridgehead atoms. The van der Waals surface area contributed by atoms with Crippen LogP contribution in [0.15, 0.2) is 113 Å². The molecule has 4 aromatic rings. The summed E-state index contributed by atoms with van der Waals surface area (Å²) in [7, 11) is 0. The van der Waals surface area contributed by atoms with Crippen LogP contribution in [0.3, 0.4) is 0 Å². The second-order valence-electron chi connectivity index (χ2n) is 7.83. The maximum atomic E-state index is 13.6. The Morgan fingerprint density at radius 3 is 2.18 bits per heavy atom. The molecular formula is C28H22N2O2S. The highest BCUT2D eigenvalue weighted by molar-refractivity contribution is 7.99. The van der Waals surface area contributed by atoms with Gasteiger partial charge in [-0.1, -0.05) is 84.6 Å². The molecule has 1 aliphatic heterocycles. The predicted octanol–water partition coefficient (Wildman–Crippen LogP) is 5.93. The number of nitrogens with one attached hydrogen (secondary N) is 1. The Balaban J connectivity index is 1.50. The summed E-state index contributed by atoms with van der Waals surface area (Å²) >= 11 is 1.56. The zero-order chi connectivity index (χ0) is 22.6. The third kappa shape index (κ3) is 4.54. The van der Waals surface area contributed by atoms with Crippen molar-refractivity contribution in [3.05, 3.63) is 125 Å². The average Bonchev–Trinajstić information content (AvgIpc) is 2.98. The van der Waals surface area contributed by atoms with Crippen LogP contribution in [-0.4, -0.2) is 11.8 Å². The van der Waals surface area contributed by atoms with E-state index in [4.69, 9.17) is 0 Å². The van der Waals surface area contributed by atoms with Crippen molar-refractivity contribution in [2.24, 2.45) is 0 Å². The zero-order valence-electron chi connectivity index (χ0n) is 17.9. The van der Waals surface area contributed by atoms with E-state index in [1.807, 2.05) is 103 Å². The average molecular weight is 451 g/mol. The van der Waals surface area contributed by atoms with Crippen molar-refractivity contribution in [2.45, 2.75) is 22.9 Å². The first kappa shape index (κ1) is 21.0. The van der Waals surface area contributed by atoms with E-state index in [-0.39, 0.29) is 11.8 Å². The van der Waals surface area contributed by atoms with Crippen LogP contribution < -0.4 is 10.2 Å². The topological polar surface area (TPSA) is 49.4 Å². The number of amides is 2. The van der Waals surface area contributed by atoms with E-state index < -0.39 is 0 Å². The number of anilines is 1. The van der Waals surface area contributed by atoms with Crippen LogP contribution in [0.25, 0.3) is 0 Å². The SMILES string of the molecule is O=C(NCc1ccccc1)c1ccc2c(c1)N(Cc1ccccc1)C(=O)c1ccccc1S2. The molecule has 0 aromatic heterocycles. The largest absolute Gasteiger partial charge is 0.348 e. The fourth-order valence-corrected chi connectivity index (χ4v) is 4.92. The van der Waals surface area contributed by atoms with Crippen molar-refractivity contribution >= 4 is 29.3 Å². The highest BCUT2D eigenvalue weighted by Crippen LogP contribution is 2.42. The lowest BCUT2D eigenvalue weighted by atomic mass is 10.1. The van der Waals surface area contributed by atoms with Gasteiger partial charge in [-0.2, -0.15) is 0 Å². The number of hydrogen-bond donors (Lipinski definition) is 1. The molecular weight excluding hydrogens is 428 g/mol. The second kappa shape index (κ2) is 9.35. The van der Waals surface area contributed by atoms with Gasteiger partial charge in [0.2, 0.25) is 0 Å². The van der Waals surface area contributed by atoms with Crippen molar-refractivity contribution in [3.8, 4) is 0 Å². The Kier molecular flexibility index (Phi) is 5.96. The molecule has 0 aliphatic carbocycles. The van der Waals surface area contributed by atoms with E-state index in [1.165, 1.54) is 0 Å². The van der Waals surface area contributed by atoms with E-state index in [2.05, 4.69) is 5.32 Å². The Bertz CT molecular complexity index is 1310. The molecule has 5 heteroatoms. The van der Waals surface area contributed by atoms with Crippen LogP contribution in [0.1, 0.15) is 31.8 Å². The van der Waals surface area contributed by atoms with Crippen molar-refractivity contribution < 1.29 is 9.59 Å². The fourth-order valence-electron chi connectivity index (χ4n) is 3.86. The van der Waals surface area contributed by atoms with Crippen molar-refractivity contribution in [2.75, 3.05) is 4.90 Å². The number of fused-ring (bicyclic) bond motifs is 2. The maximum absolute atomic E-state index is 13.6. The van der Waals surface area contributed by atoms with Crippen LogP contribution in [0.2, 0.25) is 0 Å². The van der Waals surface area contributed by atoms with Crippen LogP contribution in [0.4, 0.5) is 5.69 Å². The van der Waals surface area contributed by atoms with Crippen LogP contribution in [0.5, 0.6) is 0 Å². The number of hydrogen-bond acceptors (Lipinski definition) is 3. The Morgan fingerprint density at radius 2 is 1.42 bits per heavy atom. The molecule has 1 N–H and O–H groups in total. The van der Waals surface area contributed by atoms with Gasteiger partial charge in [-0.05, 0) is 41.5 Å². The summed E-state index contributed by atoms with van der Waals surface area (Å²) in [6.45, 7) is 0.875. The molecule has 2 amide bonds. The molecule has 1 heterocycles. The lowest BCUT2D eigenvalue weighted by Crippen LogP contribution is -2.31. The molecule has 0 radical (unpaired) electrons. The van der Waals surface area contributed by atoms with Gasteiger partial charge in [-0.15, -0.1) is 0 Å². The summed E-state index contributed by atoms with van der Waals surface area (Å²) in [6, 6.07) is 33.0. The number of benzene rings is 4. The molecule has 33 heavy (non-hydrogen) atoms. The van der Waals surface area contributed by atoms with Gasteiger partial charge in [0.15, 0.2) is 0 Å². The first-order chi connectivity index (χ1) is 16.2. The molecule has 162 valence electrons. The summed E-state index contributed by atoms with van der Waals surface area (Å²) in [5.74, 6) is -0.233. The van der Waals surface area contributed by atoms with Gasteiger partial charge in [0.1, 0.15) is 0 Å². The molecule has 0 saturated heterocycles. The van der Waals surface area contributed by atoms with Crippen molar-refractivity contribution in [1.29, 1.82) is 0 Å². The van der Waals surface area contributed by atoms with Gasteiger partial charge in [0, 0.05) is 21.9 Å². The molecule has 0 spiro atoms. The summed E-state index contributed by atoms with van der Waals surface area (Å²) in [5, 5.41) is 2.98.